The van der Waals surface area contributed by atoms with E-state index in [9.17, 15) is 0 Å². The van der Waals surface area contributed by atoms with Crippen molar-refractivity contribution in [2.45, 2.75) is 25.9 Å². The first-order valence-corrected chi connectivity index (χ1v) is 4.74. The molecule has 0 aliphatic carbocycles. The van der Waals surface area contributed by atoms with Gasteiger partial charge in [-0.1, -0.05) is 6.92 Å². The zero-order valence-corrected chi connectivity index (χ0v) is 8.46. The van der Waals surface area contributed by atoms with Crippen LogP contribution in [0.1, 0.15) is 20.3 Å². The van der Waals surface area contributed by atoms with Gasteiger partial charge in [-0.05, 0) is 13.3 Å². The van der Waals surface area contributed by atoms with Crippen molar-refractivity contribution in [2.24, 2.45) is 0 Å². The zero-order chi connectivity index (χ0) is 10.0. The van der Waals surface area contributed by atoms with Crippen LogP contribution in [0.2, 0.25) is 0 Å². The number of nitrogens with zero attached hydrogens (tertiary/aromatic N) is 4. The molecule has 2 heterocycles. The summed E-state index contributed by atoms with van der Waals surface area (Å²) < 4.78 is 4.18. The molecule has 0 spiro atoms. The Bertz CT molecular complexity index is 340. The maximum absolute atomic E-state index is 4.08. The molecule has 0 aromatic carbocycles. The van der Waals surface area contributed by atoms with Gasteiger partial charge in [-0.25, -0.2) is 9.97 Å². The standard InChI is InChI=1S/C10H14N4/c1-3-10(2,13-6-4-11-8-13)14-7-5-12-9-14/h4-9H,3H2,1-2H3. The quantitative estimate of drug-likeness (QED) is 0.738. The van der Waals surface area contributed by atoms with E-state index in [1.165, 1.54) is 0 Å². The molecule has 0 saturated carbocycles. The first-order valence-electron chi connectivity index (χ1n) is 4.74. The highest BCUT2D eigenvalue weighted by Gasteiger charge is 2.24. The number of hydrogen-bond donors (Lipinski definition) is 0. The Morgan fingerprint density at radius 3 is 1.86 bits per heavy atom. The van der Waals surface area contributed by atoms with Crippen molar-refractivity contribution in [1.82, 2.24) is 19.1 Å². The molecule has 74 valence electrons. The van der Waals surface area contributed by atoms with Gasteiger partial charge < -0.3 is 9.13 Å². The molecule has 0 saturated heterocycles. The minimum atomic E-state index is -0.104. The smallest absolute Gasteiger partial charge is 0.119 e. The van der Waals surface area contributed by atoms with E-state index in [1.54, 1.807) is 12.4 Å². The summed E-state index contributed by atoms with van der Waals surface area (Å²) >= 11 is 0. The molecule has 0 amide bonds. The van der Waals surface area contributed by atoms with Crippen molar-refractivity contribution < 1.29 is 0 Å². The second-order valence-corrected chi connectivity index (χ2v) is 3.51. The van der Waals surface area contributed by atoms with Gasteiger partial charge in [0.1, 0.15) is 5.66 Å². The molecule has 4 heteroatoms. The van der Waals surface area contributed by atoms with Crippen LogP contribution in [-0.2, 0) is 5.66 Å². The van der Waals surface area contributed by atoms with Crippen molar-refractivity contribution in [3.63, 3.8) is 0 Å². The lowest BCUT2D eigenvalue weighted by Crippen LogP contribution is -2.35. The van der Waals surface area contributed by atoms with Crippen molar-refractivity contribution in [2.75, 3.05) is 0 Å². The van der Waals surface area contributed by atoms with Gasteiger partial charge in [-0.15, -0.1) is 0 Å². The average molecular weight is 190 g/mol. The third-order valence-electron chi connectivity index (χ3n) is 2.79. The Kier molecular flexibility index (Phi) is 2.11. The maximum atomic E-state index is 4.08. The summed E-state index contributed by atoms with van der Waals surface area (Å²) in [5, 5.41) is 0. The molecule has 0 aliphatic rings. The summed E-state index contributed by atoms with van der Waals surface area (Å²) in [7, 11) is 0. The van der Waals surface area contributed by atoms with Crippen LogP contribution in [0.15, 0.2) is 37.4 Å². The van der Waals surface area contributed by atoms with Gasteiger partial charge in [0.2, 0.25) is 0 Å². The first kappa shape index (κ1) is 8.99. The molecular formula is C10H14N4. The molecule has 2 aromatic heterocycles. The molecule has 2 rings (SSSR count). The number of imidazole rings is 2. The van der Waals surface area contributed by atoms with E-state index < -0.39 is 0 Å². The largest absolute Gasteiger partial charge is 0.314 e. The lowest BCUT2D eigenvalue weighted by molar-refractivity contribution is 0.247. The molecule has 0 aliphatic heterocycles. The third kappa shape index (κ3) is 1.23. The van der Waals surface area contributed by atoms with E-state index in [-0.39, 0.29) is 5.66 Å². The predicted octanol–water partition coefficient (Wildman–Crippen LogP) is 1.71. The van der Waals surface area contributed by atoms with Crippen molar-refractivity contribution in [1.29, 1.82) is 0 Å². The first-order chi connectivity index (χ1) is 6.77. The molecule has 0 fully saturated rings. The minimum absolute atomic E-state index is 0.104. The van der Waals surface area contributed by atoms with Crippen molar-refractivity contribution in [3.05, 3.63) is 37.4 Å². The van der Waals surface area contributed by atoms with Crippen LogP contribution in [0, 0.1) is 0 Å². The van der Waals surface area contributed by atoms with E-state index in [0.717, 1.165) is 6.42 Å². The average Bonchev–Trinajstić information content (AvgIpc) is 2.88. The van der Waals surface area contributed by atoms with Crippen LogP contribution in [0.4, 0.5) is 0 Å². The zero-order valence-electron chi connectivity index (χ0n) is 8.46. The van der Waals surface area contributed by atoms with Gasteiger partial charge >= 0.3 is 0 Å². The second-order valence-electron chi connectivity index (χ2n) is 3.51. The lowest BCUT2D eigenvalue weighted by atomic mass is 10.1. The highest BCUT2D eigenvalue weighted by Crippen LogP contribution is 2.21. The van der Waals surface area contributed by atoms with Gasteiger partial charge in [-0.2, -0.15) is 0 Å². The Hall–Kier alpha value is -1.58. The molecule has 0 atom stereocenters. The van der Waals surface area contributed by atoms with Gasteiger partial charge in [-0.3, -0.25) is 0 Å². The second kappa shape index (κ2) is 3.29. The van der Waals surface area contributed by atoms with Crippen LogP contribution in [-0.4, -0.2) is 19.1 Å². The van der Waals surface area contributed by atoms with Crippen LogP contribution in [0.3, 0.4) is 0 Å². The topological polar surface area (TPSA) is 35.6 Å². The summed E-state index contributed by atoms with van der Waals surface area (Å²) in [6.45, 7) is 4.32. The van der Waals surface area contributed by atoms with Gasteiger partial charge in [0, 0.05) is 24.8 Å². The fraction of sp³-hybridized carbons (Fsp3) is 0.400. The third-order valence-corrected chi connectivity index (χ3v) is 2.79. The minimum Gasteiger partial charge on any atom is -0.314 e. The fourth-order valence-electron chi connectivity index (χ4n) is 1.59. The van der Waals surface area contributed by atoms with Crippen LogP contribution in [0.5, 0.6) is 0 Å². The van der Waals surface area contributed by atoms with E-state index in [2.05, 4.69) is 32.9 Å². The predicted molar refractivity (Wildman–Crippen MR) is 53.8 cm³/mol. The van der Waals surface area contributed by atoms with E-state index >= 15 is 0 Å². The number of aromatic nitrogens is 4. The molecule has 14 heavy (non-hydrogen) atoms. The molecule has 2 aromatic rings. The molecule has 0 radical (unpaired) electrons. The summed E-state index contributed by atoms with van der Waals surface area (Å²) in [5.41, 5.74) is -0.104. The Labute approximate surface area is 83.2 Å². The highest BCUT2D eigenvalue weighted by atomic mass is 15.3. The van der Waals surface area contributed by atoms with Gasteiger partial charge in [0.15, 0.2) is 0 Å². The maximum Gasteiger partial charge on any atom is 0.119 e. The molecule has 0 unspecified atom stereocenters. The summed E-state index contributed by atoms with van der Waals surface area (Å²) in [6, 6.07) is 0. The lowest BCUT2D eigenvalue weighted by Gasteiger charge is -2.31. The molecule has 0 N–H and O–H groups in total. The molecule has 4 nitrogen and oxygen atoms in total. The monoisotopic (exact) mass is 190 g/mol. The fourth-order valence-corrected chi connectivity index (χ4v) is 1.59. The van der Waals surface area contributed by atoms with Crippen molar-refractivity contribution in [3.8, 4) is 0 Å². The van der Waals surface area contributed by atoms with Gasteiger partial charge in [0.05, 0.1) is 12.7 Å². The summed E-state index contributed by atoms with van der Waals surface area (Å²) in [4.78, 5) is 8.15. The van der Waals surface area contributed by atoms with E-state index in [4.69, 9.17) is 0 Å². The molecular weight excluding hydrogens is 176 g/mol. The Morgan fingerprint density at radius 2 is 1.57 bits per heavy atom. The summed E-state index contributed by atoms with van der Waals surface area (Å²) in [6.07, 6.45) is 12.2. The number of rotatable bonds is 3. The normalized spacial score (nSPS) is 11.9. The summed E-state index contributed by atoms with van der Waals surface area (Å²) in [5.74, 6) is 0. The number of hydrogen-bond acceptors (Lipinski definition) is 2. The highest BCUT2D eigenvalue weighted by molar-refractivity contribution is 4.93. The van der Waals surface area contributed by atoms with Crippen LogP contribution < -0.4 is 0 Å². The Balaban J connectivity index is 2.45. The Morgan fingerprint density at radius 1 is 1.07 bits per heavy atom. The van der Waals surface area contributed by atoms with Crippen LogP contribution >= 0.6 is 0 Å². The van der Waals surface area contributed by atoms with Gasteiger partial charge in [0.25, 0.3) is 0 Å². The van der Waals surface area contributed by atoms with Crippen LogP contribution in [0.25, 0.3) is 0 Å². The van der Waals surface area contributed by atoms with E-state index in [0.29, 0.717) is 0 Å². The SMILES string of the molecule is CCC(C)(n1ccnc1)n1ccnc1. The van der Waals surface area contributed by atoms with Crippen molar-refractivity contribution >= 4 is 0 Å². The van der Waals surface area contributed by atoms with E-state index in [1.807, 2.05) is 25.0 Å². The molecule has 0 bridgehead atoms.